The van der Waals surface area contributed by atoms with E-state index in [9.17, 15) is 22.5 Å². The van der Waals surface area contributed by atoms with Gasteiger partial charge in [-0.1, -0.05) is 60.2 Å². The van der Waals surface area contributed by atoms with E-state index in [1.165, 1.54) is 20.0 Å². The van der Waals surface area contributed by atoms with Crippen molar-refractivity contribution in [3.63, 3.8) is 0 Å². The van der Waals surface area contributed by atoms with E-state index < -0.39 is 30.9 Å². The molecule has 1 aliphatic carbocycles. The zero-order valence-corrected chi connectivity index (χ0v) is 22.7. The van der Waals surface area contributed by atoms with Gasteiger partial charge in [-0.15, -0.1) is 5.46 Å². The Morgan fingerprint density at radius 2 is 1.54 bits per heavy atom. The van der Waals surface area contributed by atoms with Gasteiger partial charge in [0.2, 0.25) is 0 Å². The fourth-order valence-corrected chi connectivity index (χ4v) is 4.54. The molecular weight excluding hydrogens is 485 g/mol. The number of hydrogen-bond donors (Lipinski definition) is 1. The van der Waals surface area contributed by atoms with E-state index >= 15 is 0 Å². The third kappa shape index (κ3) is 5.67. The molecule has 1 N–H and O–H groups in total. The van der Waals surface area contributed by atoms with Crippen LogP contribution in [0.15, 0.2) is 60.7 Å². The van der Waals surface area contributed by atoms with Gasteiger partial charge in [0.25, 0.3) is 0 Å². The van der Waals surface area contributed by atoms with E-state index in [2.05, 4.69) is 0 Å². The molecular formula is C25H22BF3KNO4. The Morgan fingerprint density at radius 1 is 1.00 bits per heavy atom. The van der Waals surface area contributed by atoms with Crippen LogP contribution in [-0.4, -0.2) is 37.8 Å². The van der Waals surface area contributed by atoms with E-state index in [1.54, 1.807) is 0 Å². The molecule has 0 saturated carbocycles. The molecule has 3 aromatic carbocycles. The van der Waals surface area contributed by atoms with Gasteiger partial charge in [-0.3, -0.25) is 9.69 Å². The third-order valence-corrected chi connectivity index (χ3v) is 6.16. The normalized spacial score (nSPS) is 12.4. The van der Waals surface area contributed by atoms with Gasteiger partial charge in [-0.2, -0.15) is 0 Å². The molecule has 0 fully saturated rings. The largest absolute Gasteiger partial charge is 1.00 e. The van der Waals surface area contributed by atoms with Crippen molar-refractivity contribution in [2.24, 2.45) is 0 Å². The minimum absolute atomic E-state index is 0. The number of anilines is 1. The molecule has 0 bridgehead atoms. The first kappa shape index (κ1) is 27.5. The Balaban J connectivity index is 0.00000342. The average Bonchev–Trinajstić information content (AvgIpc) is 3.10. The summed E-state index contributed by atoms with van der Waals surface area (Å²) < 4.78 is 46.4. The third-order valence-electron chi connectivity index (χ3n) is 6.16. The number of carboxylic acids is 1. The number of hydrogen-bond acceptors (Lipinski definition) is 3. The molecule has 0 heterocycles. The zero-order chi connectivity index (χ0) is 24.6. The minimum Gasteiger partial charge on any atom is -0.481 e. The van der Waals surface area contributed by atoms with Gasteiger partial charge in [0.1, 0.15) is 6.61 Å². The first-order chi connectivity index (χ1) is 16.1. The smallest absolute Gasteiger partial charge is 0.481 e. The topological polar surface area (TPSA) is 66.8 Å². The van der Waals surface area contributed by atoms with Gasteiger partial charge in [-0.25, -0.2) is 4.79 Å². The molecule has 10 heteroatoms. The van der Waals surface area contributed by atoms with E-state index in [-0.39, 0.29) is 80.7 Å². The van der Waals surface area contributed by atoms with E-state index in [4.69, 9.17) is 9.84 Å². The summed E-state index contributed by atoms with van der Waals surface area (Å²) in [4.78, 5) is 25.0. The van der Waals surface area contributed by atoms with Crippen molar-refractivity contribution in [2.75, 3.05) is 18.6 Å². The maximum absolute atomic E-state index is 13.6. The van der Waals surface area contributed by atoms with Crippen molar-refractivity contribution >= 4 is 30.2 Å². The van der Waals surface area contributed by atoms with Crippen LogP contribution in [0.4, 0.5) is 23.4 Å². The summed E-state index contributed by atoms with van der Waals surface area (Å²) in [7, 11) is 1.32. The fourth-order valence-electron chi connectivity index (χ4n) is 4.54. The first-order valence-electron chi connectivity index (χ1n) is 10.7. The number of ether oxygens (including phenoxy) is 1. The molecule has 1 amide bonds. The standard InChI is InChI=1S/C25H22BF3NO4.K/c1-15-22(26(27,28)29)11-16(13-24(31)32)12-23(15)30(2)25(33)34-14-21-19-9-5-3-7-17(19)18-8-4-6-10-20(18)21;/h3-12,21H,13-14H2,1-2H3,(H,31,32);/q-1;+1. The number of amides is 1. The quantitative estimate of drug-likeness (QED) is 0.519. The second kappa shape index (κ2) is 10.9. The summed E-state index contributed by atoms with van der Waals surface area (Å²) in [6.45, 7) is -4.13. The van der Waals surface area contributed by atoms with Crippen molar-refractivity contribution in [2.45, 2.75) is 19.3 Å². The number of halogens is 3. The summed E-state index contributed by atoms with van der Waals surface area (Å²) >= 11 is 0. The number of carboxylic acid groups (broad SMARTS) is 1. The number of carbonyl (C=O) groups excluding carboxylic acids is 1. The SMILES string of the molecule is Cc1c(N(C)C(=O)OCC2c3ccccc3-c3ccccc32)cc(CC(=O)O)cc1[B-](F)(F)F.[K+]. The predicted octanol–water partition coefficient (Wildman–Crippen LogP) is 2.07. The molecule has 0 saturated heterocycles. The number of carbonyl (C=O) groups is 2. The monoisotopic (exact) mass is 507 g/mol. The molecule has 0 spiro atoms. The van der Waals surface area contributed by atoms with Gasteiger partial charge in [0.15, 0.2) is 0 Å². The molecule has 35 heavy (non-hydrogen) atoms. The van der Waals surface area contributed by atoms with Crippen LogP contribution in [-0.2, 0) is 16.0 Å². The average molecular weight is 507 g/mol. The number of aliphatic carboxylic acids is 1. The maximum atomic E-state index is 13.6. The Kier molecular flexibility index (Phi) is 8.54. The number of fused-ring (bicyclic) bond motifs is 3. The van der Waals surface area contributed by atoms with Crippen LogP contribution >= 0.6 is 0 Å². The molecule has 0 atom stereocenters. The van der Waals surface area contributed by atoms with Crippen molar-refractivity contribution in [1.82, 2.24) is 0 Å². The maximum Gasteiger partial charge on any atom is 1.00 e. The Morgan fingerprint density at radius 3 is 2.06 bits per heavy atom. The summed E-state index contributed by atoms with van der Waals surface area (Å²) in [6.07, 6.45) is -1.41. The van der Waals surface area contributed by atoms with Crippen LogP contribution < -0.4 is 61.7 Å². The second-order valence-electron chi connectivity index (χ2n) is 8.34. The molecule has 1 aliphatic rings. The molecule has 0 unspecified atom stereocenters. The van der Waals surface area contributed by atoms with Crippen molar-refractivity contribution in [3.8, 4) is 11.1 Å². The van der Waals surface area contributed by atoms with Crippen LogP contribution in [0.2, 0.25) is 0 Å². The summed E-state index contributed by atoms with van der Waals surface area (Å²) in [5, 5.41) is 9.05. The fraction of sp³-hybridized carbons (Fsp3) is 0.200. The predicted molar refractivity (Wildman–Crippen MR) is 125 cm³/mol. The van der Waals surface area contributed by atoms with Crippen molar-refractivity contribution in [1.29, 1.82) is 0 Å². The number of nitrogens with zero attached hydrogens (tertiary/aromatic N) is 1. The van der Waals surface area contributed by atoms with Gasteiger partial charge >= 0.3 is 70.4 Å². The molecule has 0 aromatic heterocycles. The Hall–Kier alpha value is -2.11. The summed E-state index contributed by atoms with van der Waals surface area (Å²) in [6, 6.07) is 17.7. The van der Waals surface area contributed by atoms with Gasteiger partial charge in [-0.05, 0) is 40.8 Å². The van der Waals surface area contributed by atoms with Gasteiger partial charge < -0.3 is 22.8 Å². The molecule has 0 aliphatic heterocycles. The van der Waals surface area contributed by atoms with E-state index in [0.717, 1.165) is 33.2 Å². The molecule has 5 nitrogen and oxygen atoms in total. The second-order valence-corrected chi connectivity index (χ2v) is 8.34. The van der Waals surface area contributed by atoms with Crippen molar-refractivity contribution < 1.29 is 83.8 Å². The molecule has 0 radical (unpaired) electrons. The summed E-state index contributed by atoms with van der Waals surface area (Å²) in [5.74, 6) is -1.46. The molecule has 4 rings (SSSR count). The summed E-state index contributed by atoms with van der Waals surface area (Å²) in [5.41, 5.74) is 2.99. The van der Waals surface area contributed by atoms with Crippen LogP contribution in [0, 0.1) is 6.92 Å². The van der Waals surface area contributed by atoms with E-state index in [0.29, 0.717) is 0 Å². The van der Waals surface area contributed by atoms with Gasteiger partial charge in [0.05, 0.1) is 6.42 Å². The first-order valence-corrected chi connectivity index (χ1v) is 10.7. The van der Waals surface area contributed by atoms with Crippen LogP contribution in [0.3, 0.4) is 0 Å². The molecule has 176 valence electrons. The molecule has 3 aromatic rings. The number of rotatable bonds is 6. The Bertz CT molecular complexity index is 1240. The Labute approximate surface area is 243 Å². The van der Waals surface area contributed by atoms with Gasteiger partial charge in [0, 0.05) is 18.7 Å². The van der Waals surface area contributed by atoms with E-state index in [1.807, 2.05) is 48.5 Å². The van der Waals surface area contributed by atoms with Crippen LogP contribution in [0.5, 0.6) is 0 Å². The minimum atomic E-state index is -5.40. The van der Waals surface area contributed by atoms with Crippen LogP contribution in [0.25, 0.3) is 11.1 Å². The van der Waals surface area contributed by atoms with Crippen molar-refractivity contribution in [3.05, 3.63) is 82.9 Å². The number of benzene rings is 3. The zero-order valence-electron chi connectivity index (χ0n) is 19.6. The van der Waals surface area contributed by atoms with Crippen LogP contribution in [0.1, 0.15) is 28.2 Å².